The summed E-state index contributed by atoms with van der Waals surface area (Å²) in [6, 6.07) is 15.6. The van der Waals surface area contributed by atoms with E-state index in [1.165, 1.54) is 0 Å². The molecule has 136 valence electrons. The van der Waals surface area contributed by atoms with E-state index in [0.29, 0.717) is 0 Å². The van der Waals surface area contributed by atoms with Gasteiger partial charge in [-0.15, -0.1) is 0 Å². The van der Waals surface area contributed by atoms with Crippen molar-refractivity contribution in [1.29, 1.82) is 0 Å². The zero-order valence-corrected chi connectivity index (χ0v) is 15.5. The first kappa shape index (κ1) is 18.4. The molecule has 0 N–H and O–H groups in total. The molecule has 4 nitrogen and oxygen atoms in total. The second kappa shape index (κ2) is 8.79. The third kappa shape index (κ3) is 4.59. The van der Waals surface area contributed by atoms with E-state index in [2.05, 4.69) is 22.9 Å². The largest absolute Gasteiger partial charge is 0.496 e. The standard InChI is InChI=1S/C22H26N2O2/c1-23-13-15-24(16-14-23)17-19-8-3-5-9-20(19)21(25)12-11-18-7-4-6-10-22(18)26-2/h3-12H,13-17H2,1-2H3/b12-11+. The van der Waals surface area contributed by atoms with Gasteiger partial charge in [0.05, 0.1) is 7.11 Å². The number of carbonyl (C=O) groups is 1. The van der Waals surface area contributed by atoms with Crippen molar-refractivity contribution < 1.29 is 9.53 Å². The van der Waals surface area contributed by atoms with Gasteiger partial charge in [0.1, 0.15) is 5.75 Å². The highest BCUT2D eigenvalue weighted by Crippen LogP contribution is 2.20. The predicted molar refractivity (Wildman–Crippen MR) is 106 cm³/mol. The number of ketones is 1. The normalized spacial score (nSPS) is 16.1. The number of ether oxygens (including phenoxy) is 1. The summed E-state index contributed by atoms with van der Waals surface area (Å²) in [6.07, 6.45) is 3.47. The van der Waals surface area contributed by atoms with E-state index in [4.69, 9.17) is 4.74 Å². The van der Waals surface area contributed by atoms with Crippen molar-refractivity contribution in [2.45, 2.75) is 6.54 Å². The highest BCUT2D eigenvalue weighted by atomic mass is 16.5. The number of benzene rings is 2. The van der Waals surface area contributed by atoms with Crippen LogP contribution in [-0.4, -0.2) is 55.9 Å². The molecule has 0 amide bonds. The number of nitrogens with zero attached hydrogens (tertiary/aromatic N) is 2. The molecule has 1 aliphatic rings. The number of likely N-dealkylation sites (N-methyl/N-ethyl adjacent to an activating group) is 1. The maximum atomic E-state index is 12.8. The van der Waals surface area contributed by atoms with Crippen LogP contribution in [0.15, 0.2) is 54.6 Å². The minimum absolute atomic E-state index is 0.0284. The second-order valence-electron chi connectivity index (χ2n) is 6.68. The van der Waals surface area contributed by atoms with Crippen molar-refractivity contribution in [3.8, 4) is 5.75 Å². The Balaban J connectivity index is 1.74. The lowest BCUT2D eigenvalue weighted by Crippen LogP contribution is -2.44. The van der Waals surface area contributed by atoms with Gasteiger partial charge in [0, 0.05) is 43.9 Å². The van der Waals surface area contributed by atoms with Gasteiger partial charge in [-0.1, -0.05) is 42.5 Å². The van der Waals surface area contributed by atoms with E-state index in [1.54, 1.807) is 13.2 Å². The third-order valence-electron chi connectivity index (χ3n) is 4.83. The first-order valence-corrected chi connectivity index (χ1v) is 9.01. The summed E-state index contributed by atoms with van der Waals surface area (Å²) >= 11 is 0. The van der Waals surface area contributed by atoms with E-state index >= 15 is 0 Å². The molecule has 3 rings (SSSR count). The van der Waals surface area contributed by atoms with Crippen molar-refractivity contribution in [2.75, 3.05) is 40.3 Å². The lowest BCUT2D eigenvalue weighted by atomic mass is 10.0. The van der Waals surface area contributed by atoms with Crippen LogP contribution in [0.25, 0.3) is 6.08 Å². The van der Waals surface area contributed by atoms with Crippen LogP contribution >= 0.6 is 0 Å². The minimum atomic E-state index is 0.0284. The number of piperazine rings is 1. The van der Waals surface area contributed by atoms with Gasteiger partial charge in [-0.05, 0) is 30.8 Å². The smallest absolute Gasteiger partial charge is 0.186 e. The molecule has 0 unspecified atom stereocenters. The summed E-state index contributed by atoms with van der Waals surface area (Å²) in [7, 11) is 3.79. The summed E-state index contributed by atoms with van der Waals surface area (Å²) < 4.78 is 5.34. The molecule has 1 aliphatic heterocycles. The zero-order chi connectivity index (χ0) is 18.4. The molecule has 26 heavy (non-hydrogen) atoms. The van der Waals surface area contributed by atoms with Crippen LogP contribution in [-0.2, 0) is 6.54 Å². The molecule has 0 aromatic heterocycles. The average Bonchev–Trinajstić information content (AvgIpc) is 2.68. The number of hydrogen-bond acceptors (Lipinski definition) is 4. The lowest BCUT2D eigenvalue weighted by molar-refractivity contribution is 0.104. The first-order chi connectivity index (χ1) is 12.7. The Hall–Kier alpha value is -2.43. The lowest BCUT2D eigenvalue weighted by Gasteiger charge is -2.32. The maximum Gasteiger partial charge on any atom is 0.186 e. The molecular weight excluding hydrogens is 324 g/mol. The number of allylic oxidation sites excluding steroid dienone is 1. The molecule has 1 heterocycles. The predicted octanol–water partition coefficient (Wildman–Crippen LogP) is 3.34. The minimum Gasteiger partial charge on any atom is -0.496 e. The monoisotopic (exact) mass is 350 g/mol. The molecule has 0 spiro atoms. The molecule has 0 radical (unpaired) electrons. The molecule has 1 fully saturated rings. The van der Waals surface area contributed by atoms with Crippen molar-refractivity contribution in [3.63, 3.8) is 0 Å². The van der Waals surface area contributed by atoms with Gasteiger partial charge in [-0.2, -0.15) is 0 Å². The van der Waals surface area contributed by atoms with Crippen molar-refractivity contribution in [2.24, 2.45) is 0 Å². The van der Waals surface area contributed by atoms with Crippen LogP contribution < -0.4 is 4.74 Å². The molecular formula is C22H26N2O2. The van der Waals surface area contributed by atoms with E-state index in [1.807, 2.05) is 48.5 Å². The molecule has 2 aromatic rings. The SMILES string of the molecule is COc1ccccc1/C=C/C(=O)c1ccccc1CN1CCN(C)CC1. The quantitative estimate of drug-likeness (QED) is 0.591. The fourth-order valence-electron chi connectivity index (χ4n) is 3.20. The molecule has 0 aliphatic carbocycles. The Labute approximate surface area is 155 Å². The molecule has 0 atom stereocenters. The molecule has 0 bridgehead atoms. The summed E-state index contributed by atoms with van der Waals surface area (Å²) in [6.45, 7) is 5.04. The topological polar surface area (TPSA) is 32.8 Å². The summed E-state index contributed by atoms with van der Waals surface area (Å²) in [4.78, 5) is 17.5. The third-order valence-corrected chi connectivity index (χ3v) is 4.83. The van der Waals surface area contributed by atoms with Gasteiger partial charge in [0.25, 0.3) is 0 Å². The first-order valence-electron chi connectivity index (χ1n) is 9.01. The Bertz CT molecular complexity index is 777. The number of carbonyl (C=O) groups excluding carboxylic acids is 1. The van der Waals surface area contributed by atoms with Crippen molar-refractivity contribution >= 4 is 11.9 Å². The number of hydrogen-bond donors (Lipinski definition) is 0. The Morgan fingerprint density at radius 2 is 1.73 bits per heavy atom. The van der Waals surface area contributed by atoms with Crippen LogP contribution in [0, 0.1) is 0 Å². The highest BCUT2D eigenvalue weighted by Gasteiger charge is 2.16. The van der Waals surface area contributed by atoms with Gasteiger partial charge in [-0.3, -0.25) is 9.69 Å². The fraction of sp³-hybridized carbons (Fsp3) is 0.318. The van der Waals surface area contributed by atoms with Gasteiger partial charge in [0.2, 0.25) is 0 Å². The molecule has 2 aromatic carbocycles. The zero-order valence-electron chi connectivity index (χ0n) is 15.5. The number of methoxy groups -OCH3 is 1. The molecule has 1 saturated heterocycles. The number of para-hydroxylation sites is 1. The maximum absolute atomic E-state index is 12.8. The number of rotatable bonds is 6. The van der Waals surface area contributed by atoms with E-state index in [-0.39, 0.29) is 5.78 Å². The van der Waals surface area contributed by atoms with Crippen molar-refractivity contribution in [1.82, 2.24) is 9.80 Å². The summed E-state index contributed by atoms with van der Waals surface area (Å²) in [5, 5.41) is 0. The fourth-order valence-corrected chi connectivity index (χ4v) is 3.20. The van der Waals surface area contributed by atoms with Crippen LogP contribution in [0.2, 0.25) is 0 Å². The van der Waals surface area contributed by atoms with Crippen LogP contribution in [0.5, 0.6) is 5.75 Å². The summed E-state index contributed by atoms with van der Waals surface area (Å²) in [5.41, 5.74) is 2.77. The van der Waals surface area contributed by atoms with Gasteiger partial charge >= 0.3 is 0 Å². The average molecular weight is 350 g/mol. The van der Waals surface area contributed by atoms with E-state index in [0.717, 1.165) is 55.2 Å². The van der Waals surface area contributed by atoms with Crippen LogP contribution in [0.4, 0.5) is 0 Å². The van der Waals surface area contributed by atoms with Crippen molar-refractivity contribution in [3.05, 3.63) is 71.3 Å². The second-order valence-corrected chi connectivity index (χ2v) is 6.68. The van der Waals surface area contributed by atoms with Gasteiger partial charge < -0.3 is 9.64 Å². The Kier molecular flexibility index (Phi) is 6.21. The van der Waals surface area contributed by atoms with E-state index in [9.17, 15) is 4.79 Å². The Morgan fingerprint density at radius 3 is 2.50 bits per heavy atom. The molecule has 4 heteroatoms. The van der Waals surface area contributed by atoms with Gasteiger partial charge in [-0.25, -0.2) is 0 Å². The Morgan fingerprint density at radius 1 is 1.04 bits per heavy atom. The molecule has 0 saturated carbocycles. The summed E-state index contributed by atoms with van der Waals surface area (Å²) in [5.74, 6) is 0.794. The highest BCUT2D eigenvalue weighted by molar-refractivity contribution is 6.07. The van der Waals surface area contributed by atoms with Crippen LogP contribution in [0.1, 0.15) is 21.5 Å². The van der Waals surface area contributed by atoms with Gasteiger partial charge in [0.15, 0.2) is 5.78 Å². The van der Waals surface area contributed by atoms with Crippen LogP contribution in [0.3, 0.4) is 0 Å². The van der Waals surface area contributed by atoms with E-state index < -0.39 is 0 Å².